The van der Waals surface area contributed by atoms with Crippen molar-refractivity contribution in [2.75, 3.05) is 45.7 Å². The van der Waals surface area contributed by atoms with E-state index in [-0.39, 0.29) is 34.2 Å². The molecule has 3 heterocycles. The maximum absolute atomic E-state index is 13.9. The molecule has 0 spiro atoms. The Morgan fingerprint density at radius 1 is 1.10 bits per heavy atom. The van der Waals surface area contributed by atoms with Gasteiger partial charge in [0.25, 0.3) is 5.91 Å². The van der Waals surface area contributed by atoms with Crippen LogP contribution >= 0.6 is 23.5 Å². The molecule has 3 atom stereocenters. The predicted molar refractivity (Wildman–Crippen MR) is 193 cm³/mol. The SMILES string of the molecule is CSCCC(NC(=O)c1ccc(/C=C/C2CC(SC(=O)c3cccnc3)CN2C)cc1-c1ccc(F)cc1)C(=O)OC1CCN(C)CC1. The standard InChI is InChI=1S/C37H43FN4O4S2/c1-41-18-14-30(15-19-41)46-36(44)34(16-20-47-3)40-35(43)32-13-7-25(21-33(32)26-8-10-28(38)11-9-26)6-12-29-22-31(24-42(29)2)48-37(45)27-5-4-17-39-23-27/h4-13,17,21,23,29-31,34H,14-16,18-20,22,24H2,1-3H3,(H,40,43)/b12-6+. The summed E-state index contributed by atoms with van der Waals surface area (Å²) < 4.78 is 19.8. The number of amides is 1. The van der Waals surface area contributed by atoms with Gasteiger partial charge in [-0.15, -0.1) is 0 Å². The number of nitrogens with zero attached hydrogens (tertiary/aromatic N) is 3. The molecular formula is C37H43FN4O4S2. The van der Waals surface area contributed by atoms with E-state index in [0.29, 0.717) is 34.4 Å². The molecule has 2 aliphatic rings. The number of ether oxygens (including phenoxy) is 1. The van der Waals surface area contributed by atoms with Crippen molar-refractivity contribution in [1.82, 2.24) is 20.1 Å². The number of carbonyl (C=O) groups is 3. The number of likely N-dealkylation sites (tertiary alicyclic amines) is 2. The first-order chi connectivity index (χ1) is 23.2. The molecule has 1 aromatic heterocycles. The topological polar surface area (TPSA) is 91.8 Å². The van der Waals surface area contributed by atoms with E-state index in [1.807, 2.05) is 31.5 Å². The summed E-state index contributed by atoms with van der Waals surface area (Å²) in [7, 11) is 4.10. The zero-order valence-corrected chi connectivity index (χ0v) is 29.3. The minimum atomic E-state index is -0.779. The third-order valence-corrected chi connectivity index (χ3v) is 10.6. The molecule has 2 aliphatic heterocycles. The first-order valence-corrected chi connectivity index (χ1v) is 18.6. The van der Waals surface area contributed by atoms with Gasteiger partial charge in [0.05, 0.1) is 0 Å². The number of benzene rings is 2. The van der Waals surface area contributed by atoms with Crippen LogP contribution in [0.1, 0.15) is 52.0 Å². The van der Waals surface area contributed by atoms with Crippen molar-refractivity contribution in [2.45, 2.75) is 49.1 Å². The summed E-state index contributed by atoms with van der Waals surface area (Å²) >= 11 is 2.96. The zero-order chi connectivity index (χ0) is 34.0. The van der Waals surface area contributed by atoms with Gasteiger partial charge in [0.1, 0.15) is 18.0 Å². The molecule has 1 amide bonds. The fourth-order valence-electron chi connectivity index (χ4n) is 6.02. The molecule has 1 N–H and O–H groups in total. The number of halogens is 1. The molecule has 0 aliphatic carbocycles. The number of carbonyl (C=O) groups excluding carboxylic acids is 3. The maximum Gasteiger partial charge on any atom is 0.328 e. The highest BCUT2D eigenvalue weighted by Gasteiger charge is 2.31. The van der Waals surface area contributed by atoms with Gasteiger partial charge in [-0.3, -0.25) is 19.5 Å². The minimum absolute atomic E-state index is 0.0229. The molecule has 3 unspecified atom stereocenters. The molecule has 2 fully saturated rings. The van der Waals surface area contributed by atoms with Crippen LogP contribution in [0.5, 0.6) is 0 Å². The Morgan fingerprint density at radius 3 is 2.58 bits per heavy atom. The summed E-state index contributed by atoms with van der Waals surface area (Å²) in [4.78, 5) is 48.3. The van der Waals surface area contributed by atoms with Gasteiger partial charge in [-0.2, -0.15) is 11.8 Å². The Labute approximate surface area is 290 Å². The molecule has 0 bridgehead atoms. The molecule has 2 aromatic carbocycles. The highest BCUT2D eigenvalue weighted by atomic mass is 32.2. The van der Waals surface area contributed by atoms with E-state index in [2.05, 4.69) is 33.2 Å². The summed E-state index contributed by atoms with van der Waals surface area (Å²) in [6.45, 7) is 2.51. The third kappa shape index (κ3) is 9.78. The lowest BCUT2D eigenvalue weighted by atomic mass is 9.96. The van der Waals surface area contributed by atoms with Crippen molar-refractivity contribution < 1.29 is 23.5 Å². The number of esters is 1. The fraction of sp³-hybridized carbons (Fsp3) is 0.405. The Kier molecular flexibility index (Phi) is 12.9. The first-order valence-electron chi connectivity index (χ1n) is 16.3. The van der Waals surface area contributed by atoms with Crippen LogP contribution in [0.15, 0.2) is 73.1 Å². The summed E-state index contributed by atoms with van der Waals surface area (Å²) in [6.07, 6.45) is 12.0. The molecule has 0 radical (unpaired) electrons. The van der Waals surface area contributed by atoms with Crippen LogP contribution in [0.2, 0.25) is 0 Å². The number of rotatable bonds is 12. The van der Waals surface area contributed by atoms with E-state index < -0.39 is 12.0 Å². The minimum Gasteiger partial charge on any atom is -0.461 e. The van der Waals surface area contributed by atoms with E-state index in [9.17, 15) is 18.8 Å². The third-order valence-electron chi connectivity index (χ3n) is 8.84. The van der Waals surface area contributed by atoms with Crippen LogP contribution in [-0.4, -0.2) is 101 Å². The quantitative estimate of drug-likeness (QED) is 0.229. The number of hydrogen-bond donors (Lipinski definition) is 1. The van der Waals surface area contributed by atoms with Crippen LogP contribution in [0, 0.1) is 5.82 Å². The highest BCUT2D eigenvalue weighted by molar-refractivity contribution is 8.14. The maximum atomic E-state index is 13.9. The number of hydrogen-bond acceptors (Lipinski definition) is 9. The average Bonchev–Trinajstić information content (AvgIpc) is 3.45. The Balaban J connectivity index is 1.31. The van der Waals surface area contributed by atoms with E-state index in [1.165, 1.54) is 23.9 Å². The lowest BCUT2D eigenvalue weighted by Gasteiger charge is -2.30. The van der Waals surface area contributed by atoms with Crippen molar-refractivity contribution in [3.8, 4) is 11.1 Å². The molecule has 0 saturated carbocycles. The molecular weight excluding hydrogens is 648 g/mol. The average molecular weight is 691 g/mol. The van der Waals surface area contributed by atoms with Crippen LogP contribution in [-0.2, 0) is 9.53 Å². The van der Waals surface area contributed by atoms with E-state index >= 15 is 0 Å². The number of piperidine rings is 1. The summed E-state index contributed by atoms with van der Waals surface area (Å²) in [5.41, 5.74) is 3.20. The molecule has 3 aromatic rings. The van der Waals surface area contributed by atoms with E-state index in [0.717, 1.165) is 44.5 Å². The van der Waals surface area contributed by atoms with Gasteiger partial charge in [0.2, 0.25) is 5.12 Å². The van der Waals surface area contributed by atoms with Crippen LogP contribution < -0.4 is 5.32 Å². The molecule has 2 saturated heterocycles. The van der Waals surface area contributed by atoms with Gasteiger partial charge >= 0.3 is 5.97 Å². The van der Waals surface area contributed by atoms with Crippen LogP contribution in [0.3, 0.4) is 0 Å². The second kappa shape index (κ2) is 17.2. The molecule has 11 heteroatoms. The largest absolute Gasteiger partial charge is 0.461 e. The lowest BCUT2D eigenvalue weighted by molar-refractivity contribution is -0.153. The Hall–Kier alpha value is -3.51. The second-order valence-corrected chi connectivity index (χ2v) is 14.7. The summed E-state index contributed by atoms with van der Waals surface area (Å²) in [5.74, 6) is -0.471. The van der Waals surface area contributed by atoms with Gasteiger partial charge in [0, 0.05) is 54.4 Å². The van der Waals surface area contributed by atoms with Crippen molar-refractivity contribution in [3.05, 3.63) is 95.6 Å². The first kappa shape index (κ1) is 35.8. The zero-order valence-electron chi connectivity index (χ0n) is 27.6. The van der Waals surface area contributed by atoms with Crippen molar-refractivity contribution >= 4 is 46.6 Å². The van der Waals surface area contributed by atoms with E-state index in [1.54, 1.807) is 54.5 Å². The van der Waals surface area contributed by atoms with Crippen LogP contribution in [0.25, 0.3) is 17.2 Å². The number of nitrogens with one attached hydrogen (secondary N) is 1. The highest BCUT2D eigenvalue weighted by Crippen LogP contribution is 2.31. The Bertz CT molecular complexity index is 1580. The normalized spacial score (nSPS) is 19.8. The Morgan fingerprint density at radius 2 is 1.88 bits per heavy atom. The van der Waals surface area contributed by atoms with Gasteiger partial charge in [-0.05, 0) is 105 Å². The fourth-order valence-corrected chi connectivity index (χ4v) is 7.65. The van der Waals surface area contributed by atoms with Gasteiger partial charge < -0.3 is 15.0 Å². The summed E-state index contributed by atoms with van der Waals surface area (Å²) in [5, 5.41) is 3.13. The molecule has 5 rings (SSSR count). The number of aromatic nitrogens is 1. The second-order valence-electron chi connectivity index (χ2n) is 12.4. The number of pyridine rings is 1. The monoisotopic (exact) mass is 690 g/mol. The molecule has 48 heavy (non-hydrogen) atoms. The smallest absolute Gasteiger partial charge is 0.328 e. The van der Waals surface area contributed by atoms with Crippen LogP contribution in [0.4, 0.5) is 4.39 Å². The predicted octanol–water partition coefficient (Wildman–Crippen LogP) is 6.04. The lowest BCUT2D eigenvalue weighted by Crippen LogP contribution is -2.45. The van der Waals surface area contributed by atoms with Crippen molar-refractivity contribution in [3.63, 3.8) is 0 Å². The summed E-state index contributed by atoms with van der Waals surface area (Å²) in [6, 6.07) is 14.5. The van der Waals surface area contributed by atoms with Gasteiger partial charge in [-0.1, -0.05) is 42.1 Å². The number of likely N-dealkylation sites (N-methyl/N-ethyl adjacent to an activating group) is 1. The van der Waals surface area contributed by atoms with Gasteiger partial charge in [0.15, 0.2) is 0 Å². The van der Waals surface area contributed by atoms with Crippen molar-refractivity contribution in [2.24, 2.45) is 0 Å². The van der Waals surface area contributed by atoms with Crippen molar-refractivity contribution in [1.29, 1.82) is 0 Å². The molecule has 254 valence electrons. The number of thioether (sulfide) groups is 2. The molecule has 8 nitrogen and oxygen atoms in total. The van der Waals surface area contributed by atoms with Gasteiger partial charge in [-0.25, -0.2) is 9.18 Å². The van der Waals surface area contributed by atoms with E-state index in [4.69, 9.17) is 4.74 Å².